The van der Waals surface area contributed by atoms with Gasteiger partial charge in [0.05, 0.1) is 0 Å². The molecule has 4 nitrogen and oxygen atoms in total. The van der Waals surface area contributed by atoms with Crippen molar-refractivity contribution in [2.45, 2.75) is 0 Å². The Bertz CT molecular complexity index is 427. The molecule has 13 heavy (non-hydrogen) atoms. The Morgan fingerprint density at radius 1 is 1.38 bits per heavy atom. The van der Waals surface area contributed by atoms with Crippen molar-refractivity contribution in [3.63, 3.8) is 0 Å². The van der Waals surface area contributed by atoms with Crippen molar-refractivity contribution in [3.8, 4) is 17.1 Å². The second kappa shape index (κ2) is 3.02. The van der Waals surface area contributed by atoms with Gasteiger partial charge >= 0.3 is 0 Å². The fourth-order valence-corrected chi connectivity index (χ4v) is 1.45. The molecule has 0 amide bonds. The number of hydrogen-bond acceptors (Lipinski definition) is 5. The zero-order chi connectivity index (χ0) is 9.26. The van der Waals surface area contributed by atoms with Gasteiger partial charge in [-0.15, -0.1) is 0 Å². The van der Waals surface area contributed by atoms with Crippen molar-refractivity contribution >= 4 is 16.7 Å². The summed E-state index contributed by atoms with van der Waals surface area (Å²) in [5.74, 6) is 0.754. The van der Waals surface area contributed by atoms with Crippen LogP contribution in [0, 0.1) is 0 Å². The van der Waals surface area contributed by atoms with Crippen LogP contribution in [-0.4, -0.2) is 14.5 Å². The highest BCUT2D eigenvalue weighted by atomic mass is 32.1. The molecule has 66 valence electrons. The molecule has 0 aliphatic rings. The fraction of sp³-hybridized carbons (Fsp3) is 0. The van der Waals surface area contributed by atoms with Crippen LogP contribution in [0.4, 0.5) is 5.13 Å². The minimum Gasteiger partial charge on any atom is -0.508 e. The minimum absolute atomic E-state index is 0.200. The molecule has 0 aliphatic carbocycles. The molecule has 0 saturated heterocycles. The van der Waals surface area contributed by atoms with Crippen LogP contribution in [0.1, 0.15) is 0 Å². The second-order valence-corrected chi connectivity index (χ2v) is 3.29. The molecule has 0 radical (unpaired) electrons. The Morgan fingerprint density at radius 2 is 2.23 bits per heavy atom. The standard InChI is InChI=1S/C8H7N3OS/c9-8-10-7(11-13-8)5-2-1-3-6(12)4-5/h1-4,12H,(H2,9,10,11). The third kappa shape index (κ3) is 1.59. The van der Waals surface area contributed by atoms with E-state index in [0.717, 1.165) is 17.1 Å². The quantitative estimate of drug-likeness (QED) is 0.719. The molecule has 0 bridgehead atoms. The van der Waals surface area contributed by atoms with Crippen LogP contribution in [0.5, 0.6) is 5.75 Å². The second-order valence-electron chi connectivity index (χ2n) is 2.51. The summed E-state index contributed by atoms with van der Waals surface area (Å²) in [7, 11) is 0. The van der Waals surface area contributed by atoms with E-state index in [-0.39, 0.29) is 5.75 Å². The van der Waals surface area contributed by atoms with Gasteiger partial charge in [-0.1, -0.05) is 12.1 Å². The van der Waals surface area contributed by atoms with E-state index >= 15 is 0 Å². The smallest absolute Gasteiger partial charge is 0.200 e. The Labute approximate surface area is 78.8 Å². The average molecular weight is 193 g/mol. The van der Waals surface area contributed by atoms with Gasteiger partial charge in [-0.05, 0) is 12.1 Å². The highest BCUT2D eigenvalue weighted by Gasteiger charge is 2.04. The van der Waals surface area contributed by atoms with Gasteiger partial charge in [0.25, 0.3) is 0 Å². The van der Waals surface area contributed by atoms with Crippen molar-refractivity contribution in [2.24, 2.45) is 0 Å². The number of phenolic OH excluding ortho intramolecular Hbond substituents is 1. The number of phenols is 1. The molecule has 0 unspecified atom stereocenters. The maximum absolute atomic E-state index is 9.20. The number of anilines is 1. The fourth-order valence-electron chi connectivity index (χ4n) is 0.997. The lowest BCUT2D eigenvalue weighted by Crippen LogP contribution is -1.83. The highest BCUT2D eigenvalue weighted by Crippen LogP contribution is 2.22. The third-order valence-electron chi connectivity index (χ3n) is 1.55. The Kier molecular flexibility index (Phi) is 1.86. The van der Waals surface area contributed by atoms with E-state index in [1.807, 2.05) is 6.07 Å². The van der Waals surface area contributed by atoms with E-state index in [1.165, 1.54) is 0 Å². The molecule has 0 spiro atoms. The van der Waals surface area contributed by atoms with Gasteiger partial charge in [0, 0.05) is 17.1 Å². The van der Waals surface area contributed by atoms with Crippen LogP contribution in [0.25, 0.3) is 11.4 Å². The Balaban J connectivity index is 2.46. The van der Waals surface area contributed by atoms with Gasteiger partial charge in [0.1, 0.15) is 5.75 Å². The summed E-state index contributed by atoms with van der Waals surface area (Å²) < 4.78 is 4.02. The van der Waals surface area contributed by atoms with Crippen LogP contribution in [-0.2, 0) is 0 Å². The molecule has 0 atom stereocenters. The topological polar surface area (TPSA) is 72.0 Å². The normalized spacial score (nSPS) is 10.2. The van der Waals surface area contributed by atoms with Crippen molar-refractivity contribution in [1.29, 1.82) is 0 Å². The molecule has 2 rings (SSSR count). The van der Waals surface area contributed by atoms with E-state index in [1.54, 1.807) is 18.2 Å². The largest absolute Gasteiger partial charge is 0.508 e. The Hall–Kier alpha value is -1.62. The van der Waals surface area contributed by atoms with Crippen LogP contribution < -0.4 is 5.73 Å². The highest BCUT2D eigenvalue weighted by molar-refractivity contribution is 7.09. The molecular weight excluding hydrogens is 186 g/mol. The summed E-state index contributed by atoms with van der Waals surface area (Å²) >= 11 is 1.14. The van der Waals surface area contributed by atoms with Crippen LogP contribution in [0.3, 0.4) is 0 Å². The van der Waals surface area contributed by atoms with Gasteiger partial charge in [-0.25, -0.2) is 0 Å². The van der Waals surface area contributed by atoms with E-state index < -0.39 is 0 Å². The summed E-state index contributed by atoms with van der Waals surface area (Å²) in [4.78, 5) is 4.00. The van der Waals surface area contributed by atoms with Gasteiger partial charge in [0.2, 0.25) is 0 Å². The molecule has 0 saturated carbocycles. The van der Waals surface area contributed by atoms with Crippen LogP contribution in [0.2, 0.25) is 0 Å². The molecule has 2 aromatic rings. The summed E-state index contributed by atoms with van der Waals surface area (Å²) in [5, 5.41) is 9.63. The van der Waals surface area contributed by atoms with Gasteiger partial charge in [-0.2, -0.15) is 9.36 Å². The lowest BCUT2D eigenvalue weighted by Gasteiger charge is -1.94. The van der Waals surface area contributed by atoms with E-state index in [4.69, 9.17) is 5.73 Å². The first-order valence-electron chi connectivity index (χ1n) is 3.64. The predicted octanol–water partition coefficient (Wildman–Crippen LogP) is 1.49. The molecule has 1 heterocycles. The monoisotopic (exact) mass is 193 g/mol. The van der Waals surface area contributed by atoms with Crippen molar-refractivity contribution < 1.29 is 5.11 Å². The summed E-state index contributed by atoms with van der Waals surface area (Å²) in [6, 6.07) is 6.75. The lowest BCUT2D eigenvalue weighted by atomic mass is 10.2. The van der Waals surface area contributed by atoms with Gasteiger partial charge < -0.3 is 10.8 Å². The third-order valence-corrected chi connectivity index (χ3v) is 2.09. The lowest BCUT2D eigenvalue weighted by molar-refractivity contribution is 0.475. The first-order chi connectivity index (χ1) is 6.25. The minimum atomic E-state index is 0.200. The number of aromatic hydroxyl groups is 1. The maximum Gasteiger partial charge on any atom is 0.200 e. The molecule has 3 N–H and O–H groups in total. The predicted molar refractivity (Wildman–Crippen MR) is 51.4 cm³/mol. The average Bonchev–Trinajstić information content (AvgIpc) is 2.52. The van der Waals surface area contributed by atoms with Gasteiger partial charge in [-0.3, -0.25) is 0 Å². The summed E-state index contributed by atoms with van der Waals surface area (Å²) in [5.41, 5.74) is 6.21. The number of benzene rings is 1. The first kappa shape index (κ1) is 8.00. The van der Waals surface area contributed by atoms with E-state index in [2.05, 4.69) is 9.36 Å². The van der Waals surface area contributed by atoms with Crippen LogP contribution >= 0.6 is 11.5 Å². The summed E-state index contributed by atoms with van der Waals surface area (Å²) in [6.07, 6.45) is 0. The molecule has 5 heteroatoms. The summed E-state index contributed by atoms with van der Waals surface area (Å²) in [6.45, 7) is 0. The molecule has 0 aliphatic heterocycles. The first-order valence-corrected chi connectivity index (χ1v) is 4.41. The zero-order valence-corrected chi connectivity index (χ0v) is 7.45. The number of rotatable bonds is 1. The van der Waals surface area contributed by atoms with Gasteiger partial charge in [0.15, 0.2) is 11.0 Å². The molecule has 1 aromatic carbocycles. The molecular formula is C8H7N3OS. The number of aromatic nitrogens is 2. The molecule has 1 aromatic heterocycles. The SMILES string of the molecule is Nc1nc(-c2cccc(O)c2)ns1. The van der Waals surface area contributed by atoms with E-state index in [0.29, 0.717) is 11.0 Å². The van der Waals surface area contributed by atoms with Crippen molar-refractivity contribution in [3.05, 3.63) is 24.3 Å². The molecule has 0 fully saturated rings. The number of nitrogen functional groups attached to an aromatic ring is 1. The van der Waals surface area contributed by atoms with Crippen LogP contribution in [0.15, 0.2) is 24.3 Å². The van der Waals surface area contributed by atoms with Crippen molar-refractivity contribution in [1.82, 2.24) is 9.36 Å². The number of nitrogens with zero attached hydrogens (tertiary/aromatic N) is 2. The maximum atomic E-state index is 9.20. The number of nitrogens with two attached hydrogens (primary N) is 1. The van der Waals surface area contributed by atoms with E-state index in [9.17, 15) is 5.11 Å². The zero-order valence-electron chi connectivity index (χ0n) is 6.64. The Morgan fingerprint density at radius 3 is 2.85 bits per heavy atom. The van der Waals surface area contributed by atoms with Crippen molar-refractivity contribution in [2.75, 3.05) is 5.73 Å². The number of hydrogen-bond donors (Lipinski definition) is 2.